The minimum Gasteiger partial charge on any atom is -0.399 e. The molecule has 0 amide bonds. The Bertz CT molecular complexity index is 406. The highest BCUT2D eigenvalue weighted by Gasteiger charge is 2.28. The molecule has 6 heteroatoms. The lowest BCUT2D eigenvalue weighted by Gasteiger charge is -2.19. The van der Waals surface area contributed by atoms with Crippen LogP contribution in [0.25, 0.3) is 0 Å². The van der Waals surface area contributed by atoms with E-state index in [0.717, 1.165) is 24.2 Å². The first-order valence-corrected chi connectivity index (χ1v) is 6.28. The molecule has 1 aromatic rings. The van der Waals surface area contributed by atoms with E-state index in [1.807, 2.05) is 23.1 Å². The summed E-state index contributed by atoms with van der Waals surface area (Å²) in [6.07, 6.45) is 0.881. The minimum absolute atomic E-state index is 0.0264. The normalized spacial score (nSPS) is 15.1. The van der Waals surface area contributed by atoms with Gasteiger partial charge in [0.1, 0.15) is 0 Å². The number of anilines is 2. The van der Waals surface area contributed by atoms with Crippen LogP contribution < -0.4 is 10.6 Å². The smallest absolute Gasteiger partial charge is 0.399 e. The summed E-state index contributed by atoms with van der Waals surface area (Å²) in [5.41, 5.74) is 4.33. The zero-order valence-electron chi connectivity index (χ0n) is 9.13. The van der Waals surface area contributed by atoms with E-state index in [0.29, 0.717) is 12.2 Å². The number of halogens is 3. The maximum Gasteiger partial charge on any atom is 0.441 e. The van der Waals surface area contributed by atoms with E-state index in [4.69, 9.17) is 5.73 Å². The van der Waals surface area contributed by atoms with Crippen LogP contribution in [0.5, 0.6) is 0 Å². The van der Waals surface area contributed by atoms with Crippen molar-refractivity contribution in [3.05, 3.63) is 23.8 Å². The van der Waals surface area contributed by atoms with E-state index >= 15 is 0 Å². The van der Waals surface area contributed by atoms with Gasteiger partial charge in [-0.15, -0.1) is 0 Å². The van der Waals surface area contributed by atoms with Crippen molar-refractivity contribution in [3.63, 3.8) is 0 Å². The van der Waals surface area contributed by atoms with Gasteiger partial charge in [0.25, 0.3) is 0 Å². The summed E-state index contributed by atoms with van der Waals surface area (Å²) in [6.45, 7) is 1.18. The van der Waals surface area contributed by atoms with Crippen molar-refractivity contribution in [1.29, 1.82) is 0 Å². The van der Waals surface area contributed by atoms with Crippen LogP contribution >= 0.6 is 11.8 Å². The predicted octanol–water partition coefficient (Wildman–Crippen LogP) is 2.88. The fourth-order valence-electron chi connectivity index (χ4n) is 1.97. The number of nitrogen functional groups attached to an aromatic ring is 1. The molecule has 2 N–H and O–H groups in total. The average molecular weight is 262 g/mol. The van der Waals surface area contributed by atoms with Crippen molar-refractivity contribution in [1.82, 2.24) is 0 Å². The first kappa shape index (κ1) is 12.4. The van der Waals surface area contributed by atoms with Gasteiger partial charge in [-0.3, -0.25) is 0 Å². The Morgan fingerprint density at radius 1 is 1.35 bits per heavy atom. The van der Waals surface area contributed by atoms with E-state index in [-0.39, 0.29) is 17.5 Å². The number of hydrogen-bond donors (Lipinski definition) is 1. The molecule has 0 bridgehead atoms. The van der Waals surface area contributed by atoms with Crippen molar-refractivity contribution < 1.29 is 13.2 Å². The van der Waals surface area contributed by atoms with E-state index in [1.165, 1.54) is 0 Å². The van der Waals surface area contributed by atoms with Crippen LogP contribution in [-0.2, 0) is 6.42 Å². The number of alkyl halides is 3. The quantitative estimate of drug-likeness (QED) is 0.849. The number of fused-ring (bicyclic) bond motifs is 1. The Morgan fingerprint density at radius 2 is 2.12 bits per heavy atom. The van der Waals surface area contributed by atoms with Crippen molar-refractivity contribution in [2.24, 2.45) is 0 Å². The molecule has 0 spiro atoms. The molecule has 1 aliphatic heterocycles. The second kappa shape index (κ2) is 4.68. The van der Waals surface area contributed by atoms with Crippen LogP contribution in [0.3, 0.4) is 0 Å². The first-order chi connectivity index (χ1) is 7.96. The highest BCUT2D eigenvalue weighted by molar-refractivity contribution is 8.00. The molecule has 1 aromatic carbocycles. The van der Waals surface area contributed by atoms with E-state index in [1.54, 1.807) is 0 Å². The van der Waals surface area contributed by atoms with Gasteiger partial charge in [0.2, 0.25) is 0 Å². The topological polar surface area (TPSA) is 29.3 Å². The summed E-state index contributed by atoms with van der Waals surface area (Å²) >= 11 is 0.0264. The van der Waals surface area contributed by atoms with Gasteiger partial charge in [-0.1, -0.05) is 6.07 Å². The molecule has 1 heterocycles. The van der Waals surface area contributed by atoms with Crippen LogP contribution in [0.1, 0.15) is 5.56 Å². The van der Waals surface area contributed by atoms with E-state index in [2.05, 4.69) is 0 Å². The maximum atomic E-state index is 12.0. The highest BCUT2D eigenvalue weighted by atomic mass is 32.2. The lowest BCUT2D eigenvalue weighted by atomic mass is 10.1. The largest absolute Gasteiger partial charge is 0.441 e. The Morgan fingerprint density at radius 3 is 2.82 bits per heavy atom. The van der Waals surface area contributed by atoms with Gasteiger partial charge in [-0.25, -0.2) is 0 Å². The number of benzene rings is 1. The van der Waals surface area contributed by atoms with Crippen molar-refractivity contribution in [2.75, 3.05) is 29.5 Å². The molecular formula is C11H13F3N2S. The van der Waals surface area contributed by atoms with Gasteiger partial charge < -0.3 is 10.6 Å². The third kappa shape index (κ3) is 3.21. The summed E-state index contributed by atoms with van der Waals surface area (Å²) < 4.78 is 36.0. The molecule has 0 aliphatic carbocycles. The van der Waals surface area contributed by atoms with Gasteiger partial charge in [0.05, 0.1) is 0 Å². The summed E-state index contributed by atoms with van der Waals surface area (Å²) in [6, 6.07) is 5.61. The zero-order chi connectivity index (χ0) is 12.5. The van der Waals surface area contributed by atoms with Crippen LogP contribution in [-0.4, -0.2) is 24.4 Å². The molecule has 0 radical (unpaired) electrons. The summed E-state index contributed by atoms with van der Waals surface area (Å²) in [5, 5.41) is 0. The van der Waals surface area contributed by atoms with Crippen LogP contribution in [0, 0.1) is 0 Å². The average Bonchev–Trinajstić information content (AvgIpc) is 2.59. The second-order valence-electron chi connectivity index (χ2n) is 3.92. The number of rotatable bonds is 3. The monoisotopic (exact) mass is 262 g/mol. The van der Waals surface area contributed by atoms with Crippen LogP contribution in [0.4, 0.5) is 24.5 Å². The lowest BCUT2D eigenvalue weighted by molar-refractivity contribution is -0.0327. The van der Waals surface area contributed by atoms with Gasteiger partial charge in [-0.05, 0) is 35.9 Å². The van der Waals surface area contributed by atoms with Crippen molar-refractivity contribution in [2.45, 2.75) is 11.9 Å². The van der Waals surface area contributed by atoms with Gasteiger partial charge >= 0.3 is 5.51 Å². The van der Waals surface area contributed by atoms with Gasteiger partial charge in [0.15, 0.2) is 0 Å². The Kier molecular flexibility index (Phi) is 3.42. The number of thioether (sulfide) groups is 1. The number of nitrogens with two attached hydrogens (primary N) is 1. The van der Waals surface area contributed by atoms with Crippen molar-refractivity contribution in [3.8, 4) is 0 Å². The summed E-state index contributed by atoms with van der Waals surface area (Å²) in [4.78, 5) is 1.96. The molecule has 0 unspecified atom stereocenters. The second-order valence-corrected chi connectivity index (χ2v) is 5.08. The number of nitrogens with zero attached hydrogens (tertiary/aromatic N) is 1. The van der Waals surface area contributed by atoms with Gasteiger partial charge in [-0.2, -0.15) is 13.2 Å². The summed E-state index contributed by atoms with van der Waals surface area (Å²) in [5.74, 6) is 0.0533. The van der Waals surface area contributed by atoms with E-state index < -0.39 is 5.51 Å². The molecule has 0 saturated heterocycles. The predicted molar refractivity (Wildman–Crippen MR) is 65.3 cm³/mol. The molecule has 2 rings (SSSR count). The first-order valence-electron chi connectivity index (χ1n) is 5.30. The Balaban J connectivity index is 1.95. The van der Waals surface area contributed by atoms with E-state index in [9.17, 15) is 13.2 Å². The van der Waals surface area contributed by atoms with Gasteiger partial charge in [0, 0.05) is 30.2 Å². The fraction of sp³-hybridized carbons (Fsp3) is 0.455. The minimum atomic E-state index is -4.14. The Hall–Kier alpha value is -1.04. The number of hydrogen-bond acceptors (Lipinski definition) is 3. The third-order valence-corrected chi connectivity index (χ3v) is 3.44. The third-order valence-electron chi connectivity index (χ3n) is 2.73. The Labute approximate surface area is 102 Å². The standard InChI is InChI=1S/C11H13F3N2S/c12-11(13,14)17-6-5-16-4-3-8-1-2-9(15)7-10(8)16/h1-2,7H,3-6,15H2. The highest BCUT2D eigenvalue weighted by Crippen LogP contribution is 2.33. The molecule has 94 valence electrons. The summed E-state index contributed by atoms with van der Waals surface area (Å²) in [7, 11) is 0. The molecule has 2 nitrogen and oxygen atoms in total. The van der Waals surface area contributed by atoms with Crippen LogP contribution in [0.15, 0.2) is 18.2 Å². The fourth-order valence-corrected chi connectivity index (χ4v) is 2.51. The molecule has 0 atom stereocenters. The molecule has 0 saturated carbocycles. The molecular weight excluding hydrogens is 249 g/mol. The zero-order valence-corrected chi connectivity index (χ0v) is 9.94. The SMILES string of the molecule is Nc1ccc2c(c1)N(CCSC(F)(F)F)CC2. The molecule has 0 fully saturated rings. The molecule has 17 heavy (non-hydrogen) atoms. The molecule has 0 aromatic heterocycles. The van der Waals surface area contributed by atoms with Crippen LogP contribution in [0.2, 0.25) is 0 Å². The molecule has 1 aliphatic rings. The lowest BCUT2D eigenvalue weighted by Crippen LogP contribution is -2.24. The maximum absolute atomic E-state index is 12.0. The van der Waals surface area contributed by atoms with Crippen molar-refractivity contribution >= 4 is 23.1 Å².